The topological polar surface area (TPSA) is 91.4 Å². The summed E-state index contributed by atoms with van der Waals surface area (Å²) in [5.74, 6) is 0.598. The van der Waals surface area contributed by atoms with E-state index in [2.05, 4.69) is 19.9 Å². The average molecular weight is 369 g/mol. The second kappa shape index (κ2) is 7.58. The van der Waals surface area contributed by atoms with Crippen LogP contribution in [0.5, 0.6) is 0 Å². The molecule has 2 aliphatic heterocycles. The molecule has 1 N–H and O–H groups in total. The van der Waals surface area contributed by atoms with Crippen LogP contribution < -0.4 is 5.56 Å². The molecule has 0 radical (unpaired) electrons. The summed E-state index contributed by atoms with van der Waals surface area (Å²) in [4.78, 5) is 41.0. The lowest BCUT2D eigenvalue weighted by Crippen LogP contribution is -2.49. The minimum atomic E-state index is -0.396. The van der Waals surface area contributed by atoms with E-state index in [1.54, 1.807) is 24.2 Å². The van der Waals surface area contributed by atoms with Gasteiger partial charge in [0.05, 0.1) is 25.5 Å². The van der Waals surface area contributed by atoms with Crippen LogP contribution in [0.25, 0.3) is 0 Å². The van der Waals surface area contributed by atoms with Crippen LogP contribution in [-0.4, -0.2) is 63.5 Å². The summed E-state index contributed by atoms with van der Waals surface area (Å²) in [5.41, 5.74) is 2.17. The summed E-state index contributed by atoms with van der Waals surface area (Å²) in [6.45, 7) is 5.26. The first-order valence-electron chi connectivity index (χ1n) is 9.22. The summed E-state index contributed by atoms with van der Waals surface area (Å²) in [5, 5.41) is 0. The molecule has 4 heterocycles. The lowest BCUT2D eigenvalue weighted by atomic mass is 10.0. The maximum atomic E-state index is 13.5. The molecule has 4 rings (SSSR count). The number of amides is 1. The summed E-state index contributed by atoms with van der Waals surface area (Å²) in [6.07, 6.45) is 3.98. The number of nitrogens with one attached hydrogen (secondary N) is 1. The largest absolute Gasteiger partial charge is 0.379 e. The van der Waals surface area contributed by atoms with Crippen LogP contribution in [-0.2, 0) is 22.5 Å². The summed E-state index contributed by atoms with van der Waals surface area (Å²) < 4.78 is 5.45. The van der Waals surface area contributed by atoms with Gasteiger partial charge in [-0.2, -0.15) is 0 Å². The Hall–Kier alpha value is -2.58. The number of hydrogen-bond donors (Lipinski definition) is 1. The number of fused-ring (bicyclic) bond motifs is 1. The molecule has 0 saturated carbocycles. The van der Waals surface area contributed by atoms with Crippen molar-refractivity contribution in [3.8, 4) is 0 Å². The van der Waals surface area contributed by atoms with Crippen LogP contribution in [0, 0.1) is 6.92 Å². The first-order chi connectivity index (χ1) is 13.1. The number of carbonyl (C=O) groups is 1. The smallest absolute Gasteiger partial charge is 0.254 e. The first-order valence-corrected chi connectivity index (χ1v) is 9.22. The van der Waals surface area contributed by atoms with Gasteiger partial charge in [0.2, 0.25) is 5.91 Å². The summed E-state index contributed by atoms with van der Waals surface area (Å²) >= 11 is 0. The highest BCUT2D eigenvalue weighted by molar-refractivity contribution is 5.83. The van der Waals surface area contributed by atoms with Crippen LogP contribution in [0.2, 0.25) is 0 Å². The van der Waals surface area contributed by atoms with Gasteiger partial charge in [0.25, 0.3) is 5.56 Å². The maximum absolute atomic E-state index is 13.5. The van der Waals surface area contributed by atoms with E-state index in [0.717, 1.165) is 5.56 Å². The molecule has 0 spiro atoms. The van der Waals surface area contributed by atoms with Crippen molar-refractivity contribution in [3.05, 3.63) is 57.5 Å². The lowest BCUT2D eigenvalue weighted by Gasteiger charge is -2.37. The van der Waals surface area contributed by atoms with Crippen LogP contribution in [0.15, 0.2) is 29.3 Å². The Morgan fingerprint density at radius 2 is 2.11 bits per heavy atom. The number of morpholine rings is 1. The van der Waals surface area contributed by atoms with E-state index in [9.17, 15) is 9.59 Å². The van der Waals surface area contributed by atoms with Crippen molar-refractivity contribution < 1.29 is 9.53 Å². The van der Waals surface area contributed by atoms with Crippen molar-refractivity contribution in [2.45, 2.75) is 25.9 Å². The van der Waals surface area contributed by atoms with Gasteiger partial charge in [-0.3, -0.25) is 19.5 Å². The Balaban J connectivity index is 1.62. The third kappa shape index (κ3) is 3.63. The number of pyridine rings is 1. The van der Waals surface area contributed by atoms with Crippen molar-refractivity contribution in [3.63, 3.8) is 0 Å². The molecule has 2 aliphatic rings. The maximum Gasteiger partial charge on any atom is 0.254 e. The normalized spacial score (nSPS) is 18.8. The van der Waals surface area contributed by atoms with E-state index in [4.69, 9.17) is 4.74 Å². The second-order valence-corrected chi connectivity index (χ2v) is 6.92. The zero-order valence-electron chi connectivity index (χ0n) is 15.4. The standard InChI is InChI=1S/C19H23N5O3/c1-13-21-16-12-24(6-4-15(16)18(25)22-13)19(26)17(14-3-2-5-20-11-14)23-7-9-27-10-8-23/h2-3,5,11,17H,4,6-10,12H2,1H3,(H,21,22,25). The van der Waals surface area contributed by atoms with Crippen molar-refractivity contribution >= 4 is 5.91 Å². The molecule has 8 nitrogen and oxygen atoms in total. The third-order valence-electron chi connectivity index (χ3n) is 5.15. The molecule has 27 heavy (non-hydrogen) atoms. The third-order valence-corrected chi connectivity index (χ3v) is 5.15. The fourth-order valence-electron chi connectivity index (χ4n) is 3.81. The van der Waals surface area contributed by atoms with E-state index in [-0.39, 0.29) is 11.5 Å². The minimum Gasteiger partial charge on any atom is -0.379 e. The van der Waals surface area contributed by atoms with E-state index in [1.165, 1.54) is 0 Å². The number of nitrogens with zero attached hydrogens (tertiary/aromatic N) is 4. The fraction of sp³-hybridized carbons (Fsp3) is 0.474. The van der Waals surface area contributed by atoms with Crippen LogP contribution in [0.3, 0.4) is 0 Å². The number of aromatic nitrogens is 3. The molecule has 2 aromatic rings. The highest BCUT2D eigenvalue weighted by Gasteiger charge is 2.34. The van der Waals surface area contributed by atoms with E-state index in [1.807, 2.05) is 12.1 Å². The van der Waals surface area contributed by atoms with Gasteiger partial charge < -0.3 is 14.6 Å². The minimum absolute atomic E-state index is 0.0234. The number of aryl methyl sites for hydroxylation is 1. The van der Waals surface area contributed by atoms with Gasteiger partial charge in [-0.05, 0) is 25.0 Å². The molecular formula is C19H23N5O3. The highest BCUT2D eigenvalue weighted by atomic mass is 16.5. The van der Waals surface area contributed by atoms with Gasteiger partial charge >= 0.3 is 0 Å². The van der Waals surface area contributed by atoms with Gasteiger partial charge in [0, 0.05) is 37.6 Å². The Labute approximate surface area is 157 Å². The number of hydrogen-bond acceptors (Lipinski definition) is 6. The molecular weight excluding hydrogens is 346 g/mol. The molecule has 1 amide bonds. The number of ether oxygens (including phenoxy) is 1. The molecule has 1 saturated heterocycles. The SMILES string of the molecule is Cc1nc2c(c(=O)[nH]1)CCN(C(=O)C(c1cccnc1)N1CCOCC1)C2. The van der Waals surface area contributed by atoms with E-state index < -0.39 is 6.04 Å². The molecule has 1 fully saturated rings. The molecule has 1 unspecified atom stereocenters. The second-order valence-electron chi connectivity index (χ2n) is 6.92. The van der Waals surface area contributed by atoms with Crippen molar-refractivity contribution in [1.29, 1.82) is 0 Å². The molecule has 0 bridgehead atoms. The quantitative estimate of drug-likeness (QED) is 0.844. The van der Waals surface area contributed by atoms with Crippen molar-refractivity contribution in [2.24, 2.45) is 0 Å². The van der Waals surface area contributed by atoms with Crippen molar-refractivity contribution in [2.75, 3.05) is 32.8 Å². The molecule has 2 aromatic heterocycles. The molecule has 0 aliphatic carbocycles. The predicted octanol–water partition coefficient (Wildman–Crippen LogP) is 0.432. The highest BCUT2D eigenvalue weighted by Crippen LogP contribution is 2.26. The number of rotatable bonds is 3. The zero-order chi connectivity index (χ0) is 18.8. The average Bonchev–Trinajstić information content (AvgIpc) is 2.69. The number of H-pyrrole nitrogens is 1. The summed E-state index contributed by atoms with van der Waals surface area (Å²) in [7, 11) is 0. The predicted molar refractivity (Wildman–Crippen MR) is 98.1 cm³/mol. The monoisotopic (exact) mass is 369 g/mol. The molecule has 8 heteroatoms. The lowest BCUT2D eigenvalue weighted by molar-refractivity contribution is -0.140. The Bertz CT molecular complexity index is 877. The van der Waals surface area contributed by atoms with E-state index in [0.29, 0.717) is 62.9 Å². The van der Waals surface area contributed by atoms with E-state index >= 15 is 0 Å². The number of aromatic amines is 1. The Morgan fingerprint density at radius 3 is 2.85 bits per heavy atom. The number of carbonyl (C=O) groups excluding carboxylic acids is 1. The van der Waals surface area contributed by atoms with Gasteiger partial charge in [0.15, 0.2) is 0 Å². The van der Waals surface area contributed by atoms with Gasteiger partial charge in [0.1, 0.15) is 11.9 Å². The zero-order valence-corrected chi connectivity index (χ0v) is 15.4. The van der Waals surface area contributed by atoms with Gasteiger partial charge in [-0.15, -0.1) is 0 Å². The van der Waals surface area contributed by atoms with Gasteiger partial charge in [-0.1, -0.05) is 6.07 Å². The Kier molecular flexibility index (Phi) is 5.00. The fourth-order valence-corrected chi connectivity index (χ4v) is 3.81. The van der Waals surface area contributed by atoms with Crippen LogP contribution in [0.1, 0.15) is 28.7 Å². The van der Waals surface area contributed by atoms with Crippen LogP contribution in [0.4, 0.5) is 0 Å². The summed E-state index contributed by atoms with van der Waals surface area (Å²) in [6, 6.07) is 3.40. The van der Waals surface area contributed by atoms with Crippen molar-refractivity contribution in [1.82, 2.24) is 24.8 Å². The first kappa shape index (κ1) is 17.8. The molecule has 142 valence electrons. The molecule has 0 aromatic carbocycles. The van der Waals surface area contributed by atoms with Gasteiger partial charge in [-0.25, -0.2) is 4.98 Å². The molecule has 1 atom stereocenters. The Morgan fingerprint density at radius 1 is 1.30 bits per heavy atom. The van der Waals surface area contributed by atoms with Crippen LogP contribution >= 0.6 is 0 Å².